The van der Waals surface area contributed by atoms with Gasteiger partial charge in [-0.1, -0.05) is 35.9 Å². The summed E-state index contributed by atoms with van der Waals surface area (Å²) in [5, 5.41) is 4.53. The predicted octanol–water partition coefficient (Wildman–Crippen LogP) is 5.94. The van der Waals surface area contributed by atoms with Crippen LogP contribution in [0.5, 0.6) is 11.5 Å². The molecule has 3 aromatic carbocycles. The molecule has 0 radical (unpaired) electrons. The van der Waals surface area contributed by atoms with Gasteiger partial charge in [-0.15, -0.1) is 0 Å². The Labute approximate surface area is 213 Å². The lowest BCUT2D eigenvalue weighted by atomic mass is 10.1. The van der Waals surface area contributed by atoms with Gasteiger partial charge in [0.25, 0.3) is 5.56 Å². The van der Waals surface area contributed by atoms with Gasteiger partial charge in [0, 0.05) is 12.5 Å². The lowest BCUT2D eigenvalue weighted by Gasteiger charge is -2.13. The summed E-state index contributed by atoms with van der Waals surface area (Å²) in [5.74, 6) is -0.474. The van der Waals surface area contributed by atoms with E-state index in [2.05, 4.69) is 10.1 Å². The van der Waals surface area contributed by atoms with Crippen molar-refractivity contribution in [2.24, 2.45) is 5.10 Å². The van der Waals surface area contributed by atoms with E-state index in [9.17, 15) is 22.8 Å². The van der Waals surface area contributed by atoms with Crippen LogP contribution in [0.2, 0.25) is 5.02 Å². The summed E-state index contributed by atoms with van der Waals surface area (Å²) in [6.07, 6.45) is -3.31. The number of carbonyl (C=O) groups is 1. The zero-order valence-electron chi connectivity index (χ0n) is 19.5. The molecule has 37 heavy (non-hydrogen) atoms. The monoisotopic (exact) mass is 529 g/mol. The van der Waals surface area contributed by atoms with Crippen molar-refractivity contribution in [2.75, 3.05) is 6.61 Å². The Balaban J connectivity index is 1.89. The first-order valence-electron chi connectivity index (χ1n) is 11.0. The maximum absolute atomic E-state index is 13.4. The first-order chi connectivity index (χ1) is 17.6. The zero-order chi connectivity index (χ0) is 26.7. The number of esters is 1. The number of benzene rings is 3. The van der Waals surface area contributed by atoms with Crippen LogP contribution in [0.25, 0.3) is 22.3 Å². The molecule has 1 heterocycles. The van der Waals surface area contributed by atoms with Crippen LogP contribution in [0.1, 0.15) is 25.0 Å². The van der Waals surface area contributed by atoms with E-state index in [1.54, 1.807) is 31.2 Å². The fraction of sp³-hybridized carbons (Fsp3) is 0.154. The lowest BCUT2D eigenvalue weighted by molar-refractivity contribution is -0.137. The molecule has 4 rings (SSSR count). The van der Waals surface area contributed by atoms with Crippen molar-refractivity contribution >= 4 is 34.7 Å². The van der Waals surface area contributed by atoms with Gasteiger partial charge in [0.15, 0.2) is 17.3 Å². The molecule has 4 aromatic rings. The molecule has 0 aliphatic heterocycles. The van der Waals surface area contributed by atoms with Gasteiger partial charge < -0.3 is 9.47 Å². The molecule has 0 fully saturated rings. The van der Waals surface area contributed by atoms with Crippen LogP contribution in [0.4, 0.5) is 13.2 Å². The molecule has 0 aliphatic rings. The lowest BCUT2D eigenvalue weighted by Crippen LogP contribution is -2.20. The summed E-state index contributed by atoms with van der Waals surface area (Å²) in [7, 11) is 0. The Morgan fingerprint density at radius 1 is 1.14 bits per heavy atom. The van der Waals surface area contributed by atoms with Crippen LogP contribution < -0.4 is 15.0 Å². The Morgan fingerprint density at radius 2 is 1.89 bits per heavy atom. The first-order valence-corrected chi connectivity index (χ1v) is 11.3. The van der Waals surface area contributed by atoms with E-state index in [4.69, 9.17) is 21.1 Å². The molecule has 0 N–H and O–H groups in total. The number of carbonyl (C=O) groups excluding carboxylic acids is 1. The van der Waals surface area contributed by atoms with E-state index in [-0.39, 0.29) is 39.9 Å². The average Bonchev–Trinajstić information content (AvgIpc) is 2.85. The third kappa shape index (κ3) is 5.64. The standard InChI is InChI=1S/C26H19ClF3N3O4/c1-3-36-22-12-16(11-20(27)23(22)37-15(2)34)14-31-33-24(17-7-6-8-18(13-17)26(28,29)30)32-21-10-5-4-9-19(21)25(33)35/h4-14H,3H2,1-2H3. The number of para-hydroxylation sites is 1. The first kappa shape index (κ1) is 25.9. The Morgan fingerprint density at radius 3 is 2.59 bits per heavy atom. The topological polar surface area (TPSA) is 82.8 Å². The van der Waals surface area contributed by atoms with Gasteiger partial charge in [-0.2, -0.15) is 22.9 Å². The fourth-order valence-electron chi connectivity index (χ4n) is 3.54. The normalized spacial score (nSPS) is 11.7. The average molecular weight is 530 g/mol. The molecule has 0 saturated heterocycles. The number of alkyl halides is 3. The molecule has 0 atom stereocenters. The number of halogens is 4. The highest BCUT2D eigenvalue weighted by Crippen LogP contribution is 2.36. The Kier molecular flexibility index (Phi) is 7.30. The number of fused-ring (bicyclic) bond motifs is 1. The Bertz CT molecular complexity index is 1580. The van der Waals surface area contributed by atoms with Gasteiger partial charge in [0.2, 0.25) is 0 Å². The molecular formula is C26H19ClF3N3O4. The summed E-state index contributed by atoms with van der Waals surface area (Å²) in [4.78, 5) is 29.2. The molecule has 0 unspecified atom stereocenters. The highest BCUT2D eigenvalue weighted by molar-refractivity contribution is 6.32. The molecule has 11 heteroatoms. The summed E-state index contributed by atoms with van der Waals surface area (Å²) < 4.78 is 51.7. The van der Waals surface area contributed by atoms with Crippen LogP contribution in [0.15, 0.2) is 70.6 Å². The van der Waals surface area contributed by atoms with Crippen LogP contribution in [-0.4, -0.2) is 28.5 Å². The minimum atomic E-state index is -4.59. The van der Waals surface area contributed by atoms with E-state index < -0.39 is 23.3 Å². The summed E-state index contributed by atoms with van der Waals surface area (Å²) >= 11 is 6.29. The second-order valence-corrected chi connectivity index (χ2v) is 8.16. The number of hydrogen-bond acceptors (Lipinski definition) is 6. The number of aromatic nitrogens is 2. The van der Waals surface area contributed by atoms with Crippen molar-refractivity contribution in [3.05, 3.63) is 87.2 Å². The van der Waals surface area contributed by atoms with Gasteiger partial charge in [-0.25, -0.2) is 4.98 Å². The molecule has 7 nitrogen and oxygen atoms in total. The van der Waals surface area contributed by atoms with Crippen LogP contribution in [-0.2, 0) is 11.0 Å². The summed E-state index contributed by atoms with van der Waals surface area (Å²) in [6.45, 7) is 3.20. The predicted molar refractivity (Wildman–Crippen MR) is 133 cm³/mol. The summed E-state index contributed by atoms with van der Waals surface area (Å²) in [6, 6.07) is 13.9. The fourth-order valence-corrected chi connectivity index (χ4v) is 3.80. The number of ether oxygens (including phenoxy) is 2. The quantitative estimate of drug-likeness (QED) is 0.175. The van der Waals surface area contributed by atoms with Crippen molar-refractivity contribution in [3.8, 4) is 22.9 Å². The summed E-state index contributed by atoms with van der Waals surface area (Å²) in [5.41, 5.74) is -0.745. The van der Waals surface area contributed by atoms with E-state index in [0.717, 1.165) is 16.8 Å². The van der Waals surface area contributed by atoms with Crippen molar-refractivity contribution in [2.45, 2.75) is 20.0 Å². The third-order valence-corrected chi connectivity index (χ3v) is 5.38. The van der Waals surface area contributed by atoms with Gasteiger partial charge in [-0.05, 0) is 48.9 Å². The van der Waals surface area contributed by atoms with Gasteiger partial charge >= 0.3 is 12.1 Å². The van der Waals surface area contributed by atoms with E-state index in [1.165, 1.54) is 37.4 Å². The van der Waals surface area contributed by atoms with Crippen molar-refractivity contribution < 1.29 is 27.4 Å². The number of hydrogen-bond donors (Lipinski definition) is 0. The highest BCUT2D eigenvalue weighted by Gasteiger charge is 2.31. The molecule has 0 amide bonds. The smallest absolute Gasteiger partial charge is 0.416 e. The van der Waals surface area contributed by atoms with Crippen molar-refractivity contribution in [1.29, 1.82) is 0 Å². The number of rotatable bonds is 6. The molecule has 0 aliphatic carbocycles. The van der Waals surface area contributed by atoms with Gasteiger partial charge in [0.1, 0.15) is 0 Å². The van der Waals surface area contributed by atoms with Crippen molar-refractivity contribution in [1.82, 2.24) is 9.66 Å². The van der Waals surface area contributed by atoms with E-state index in [0.29, 0.717) is 11.1 Å². The second kappa shape index (κ2) is 10.4. The van der Waals surface area contributed by atoms with Gasteiger partial charge in [0.05, 0.1) is 34.3 Å². The van der Waals surface area contributed by atoms with Crippen LogP contribution in [0, 0.1) is 0 Å². The molecule has 190 valence electrons. The molecular weight excluding hydrogens is 511 g/mol. The minimum Gasteiger partial charge on any atom is -0.490 e. The molecule has 0 bridgehead atoms. The number of nitrogens with zero attached hydrogens (tertiary/aromatic N) is 3. The molecule has 0 spiro atoms. The largest absolute Gasteiger partial charge is 0.490 e. The maximum Gasteiger partial charge on any atom is 0.416 e. The van der Waals surface area contributed by atoms with Crippen molar-refractivity contribution in [3.63, 3.8) is 0 Å². The SMILES string of the molecule is CCOc1cc(C=Nn2c(-c3cccc(C(F)(F)F)c3)nc3ccccc3c2=O)cc(Cl)c1OC(C)=O. The maximum atomic E-state index is 13.4. The highest BCUT2D eigenvalue weighted by atomic mass is 35.5. The van der Waals surface area contributed by atoms with E-state index in [1.807, 2.05) is 0 Å². The molecule has 0 saturated carbocycles. The van der Waals surface area contributed by atoms with Crippen LogP contribution >= 0.6 is 11.6 Å². The third-order valence-electron chi connectivity index (χ3n) is 5.10. The van der Waals surface area contributed by atoms with Gasteiger partial charge in [-0.3, -0.25) is 9.59 Å². The Hall–Kier alpha value is -4.18. The van der Waals surface area contributed by atoms with E-state index >= 15 is 0 Å². The molecule has 1 aromatic heterocycles. The minimum absolute atomic E-state index is 0.0300. The van der Waals surface area contributed by atoms with Crippen LogP contribution in [0.3, 0.4) is 0 Å². The zero-order valence-corrected chi connectivity index (χ0v) is 20.3. The second-order valence-electron chi connectivity index (χ2n) is 7.75.